The van der Waals surface area contributed by atoms with E-state index in [1.165, 1.54) is 16.8 Å². The highest BCUT2D eigenvalue weighted by atomic mass is 32.1. The van der Waals surface area contributed by atoms with Gasteiger partial charge >= 0.3 is 0 Å². The Morgan fingerprint density at radius 1 is 1.00 bits per heavy atom. The van der Waals surface area contributed by atoms with Crippen molar-refractivity contribution in [3.8, 4) is 5.69 Å². The maximum atomic E-state index is 5.76. The van der Waals surface area contributed by atoms with Crippen molar-refractivity contribution in [1.29, 1.82) is 0 Å². The zero-order valence-electron chi connectivity index (χ0n) is 15.9. The van der Waals surface area contributed by atoms with Crippen LogP contribution in [0.15, 0.2) is 55.0 Å². The van der Waals surface area contributed by atoms with Crippen LogP contribution in [0.1, 0.15) is 11.1 Å². The van der Waals surface area contributed by atoms with Crippen LogP contribution >= 0.6 is 12.2 Å². The number of imidazole rings is 1. The van der Waals surface area contributed by atoms with Gasteiger partial charge in [-0.15, -0.1) is 0 Å². The van der Waals surface area contributed by atoms with Crippen molar-refractivity contribution in [2.24, 2.45) is 0 Å². The predicted molar refractivity (Wildman–Crippen MR) is 112 cm³/mol. The average molecular weight is 380 g/mol. The van der Waals surface area contributed by atoms with Crippen molar-refractivity contribution >= 4 is 18.0 Å². The molecule has 1 aromatic carbocycles. The van der Waals surface area contributed by atoms with Crippen molar-refractivity contribution in [2.45, 2.75) is 20.5 Å². The summed E-state index contributed by atoms with van der Waals surface area (Å²) < 4.78 is 5.12. The third-order valence-electron chi connectivity index (χ3n) is 5.17. The lowest BCUT2D eigenvalue weighted by atomic mass is 10.1. The summed E-state index contributed by atoms with van der Waals surface area (Å²) in [7, 11) is 0. The summed E-state index contributed by atoms with van der Waals surface area (Å²) >= 11 is 5.76. The molecule has 27 heavy (non-hydrogen) atoms. The predicted octanol–water partition coefficient (Wildman–Crippen LogP) is 3.80. The molecule has 1 aliphatic rings. The molecule has 2 aromatic heterocycles. The van der Waals surface area contributed by atoms with Crippen molar-refractivity contribution in [2.75, 3.05) is 31.1 Å². The second-order valence-corrected chi connectivity index (χ2v) is 7.51. The number of aryl methyl sites for hydroxylation is 2. The summed E-state index contributed by atoms with van der Waals surface area (Å²) in [5.74, 6) is 1.06. The average Bonchev–Trinajstić information content (AvgIpc) is 3.05. The van der Waals surface area contributed by atoms with Gasteiger partial charge in [-0.25, -0.2) is 4.98 Å². The van der Waals surface area contributed by atoms with Gasteiger partial charge in [0.05, 0.1) is 12.4 Å². The van der Waals surface area contributed by atoms with Crippen LogP contribution in [0.2, 0.25) is 0 Å². The number of pyridine rings is 1. The smallest absolute Gasteiger partial charge is 0.185 e. The molecule has 1 saturated heterocycles. The van der Waals surface area contributed by atoms with Crippen LogP contribution < -0.4 is 4.90 Å². The van der Waals surface area contributed by atoms with Gasteiger partial charge < -0.3 is 9.47 Å². The first-order chi connectivity index (χ1) is 13.1. The fourth-order valence-electron chi connectivity index (χ4n) is 3.56. The molecular weight excluding hydrogens is 354 g/mol. The summed E-state index contributed by atoms with van der Waals surface area (Å²) in [6.45, 7) is 9.06. The van der Waals surface area contributed by atoms with Gasteiger partial charge in [0.1, 0.15) is 5.82 Å². The van der Waals surface area contributed by atoms with Crippen LogP contribution in [0.5, 0.6) is 0 Å². The van der Waals surface area contributed by atoms with Gasteiger partial charge in [-0.2, -0.15) is 0 Å². The first-order valence-electron chi connectivity index (χ1n) is 9.35. The highest BCUT2D eigenvalue weighted by Crippen LogP contribution is 2.18. The molecule has 0 saturated carbocycles. The lowest BCUT2D eigenvalue weighted by Gasteiger charge is -2.35. The van der Waals surface area contributed by atoms with Crippen LogP contribution in [0.3, 0.4) is 0 Å². The summed E-state index contributed by atoms with van der Waals surface area (Å²) in [6.07, 6.45) is 6.03. The minimum Gasteiger partial charge on any atom is -0.354 e. The highest BCUT2D eigenvalue weighted by molar-refractivity contribution is 7.71. The molecule has 0 atom stereocenters. The minimum absolute atomic E-state index is 0.826. The minimum atomic E-state index is 0.826. The number of piperazine rings is 1. The lowest BCUT2D eigenvalue weighted by molar-refractivity contribution is 0.204. The number of rotatable bonds is 4. The SMILES string of the molecule is Cc1ccc(C)c(-n2ccn(CN3CCN(c4ccccn4)CC3)c2=S)c1. The Hall–Kier alpha value is -2.44. The molecule has 1 fully saturated rings. The van der Waals surface area contributed by atoms with E-state index in [2.05, 4.69) is 74.4 Å². The summed E-state index contributed by atoms with van der Waals surface area (Å²) in [4.78, 5) is 9.25. The number of hydrogen-bond acceptors (Lipinski definition) is 4. The molecule has 4 rings (SSSR count). The molecule has 0 bridgehead atoms. The van der Waals surface area contributed by atoms with Crippen LogP contribution in [-0.2, 0) is 6.67 Å². The Kier molecular flexibility index (Phi) is 5.09. The van der Waals surface area contributed by atoms with Crippen LogP contribution in [0, 0.1) is 18.6 Å². The summed E-state index contributed by atoms with van der Waals surface area (Å²) in [5.41, 5.74) is 3.65. The van der Waals surface area contributed by atoms with Crippen molar-refractivity contribution in [3.05, 3.63) is 70.9 Å². The van der Waals surface area contributed by atoms with Crippen molar-refractivity contribution in [1.82, 2.24) is 19.0 Å². The van der Waals surface area contributed by atoms with Gasteiger partial charge in [0.15, 0.2) is 4.77 Å². The molecule has 5 nitrogen and oxygen atoms in total. The molecule has 140 valence electrons. The Morgan fingerprint density at radius 3 is 2.56 bits per heavy atom. The maximum Gasteiger partial charge on any atom is 0.185 e. The van der Waals surface area contributed by atoms with Crippen molar-refractivity contribution < 1.29 is 0 Å². The highest BCUT2D eigenvalue weighted by Gasteiger charge is 2.18. The third-order valence-corrected chi connectivity index (χ3v) is 5.60. The zero-order valence-corrected chi connectivity index (χ0v) is 16.7. The van der Waals surface area contributed by atoms with Gasteiger partial charge in [0.2, 0.25) is 0 Å². The topological polar surface area (TPSA) is 29.2 Å². The molecule has 0 radical (unpaired) electrons. The second-order valence-electron chi connectivity index (χ2n) is 7.14. The van der Waals surface area contributed by atoms with Gasteiger partial charge in [-0.3, -0.25) is 9.47 Å². The van der Waals surface area contributed by atoms with Gasteiger partial charge in [0, 0.05) is 44.8 Å². The van der Waals surface area contributed by atoms with Gasteiger partial charge in [0.25, 0.3) is 0 Å². The first kappa shape index (κ1) is 17.9. The van der Waals surface area contributed by atoms with E-state index >= 15 is 0 Å². The van der Waals surface area contributed by atoms with E-state index in [0.717, 1.165) is 43.4 Å². The molecular formula is C21H25N5S. The van der Waals surface area contributed by atoms with Crippen LogP contribution in [0.25, 0.3) is 5.69 Å². The second kappa shape index (κ2) is 7.66. The molecule has 3 aromatic rings. The van der Waals surface area contributed by atoms with E-state index in [4.69, 9.17) is 12.2 Å². The molecule has 0 unspecified atom stereocenters. The van der Waals surface area contributed by atoms with Crippen LogP contribution in [0.4, 0.5) is 5.82 Å². The molecule has 0 N–H and O–H groups in total. The standard InChI is InChI=1S/C21H25N5S/c1-17-6-7-18(2)19(15-17)26-14-13-25(21(26)27)16-23-9-11-24(12-10-23)20-5-3-4-8-22-20/h3-8,13-15H,9-12,16H2,1-2H3. The summed E-state index contributed by atoms with van der Waals surface area (Å²) in [6, 6.07) is 12.6. The molecule has 0 spiro atoms. The fraction of sp³-hybridized carbons (Fsp3) is 0.333. The number of nitrogens with zero attached hydrogens (tertiary/aromatic N) is 5. The Labute approximate surface area is 165 Å². The Balaban J connectivity index is 1.45. The molecule has 3 heterocycles. The number of benzene rings is 1. The third kappa shape index (κ3) is 3.82. The van der Waals surface area contributed by atoms with E-state index in [0.29, 0.717) is 0 Å². The summed E-state index contributed by atoms with van der Waals surface area (Å²) in [5, 5.41) is 0. The monoisotopic (exact) mass is 379 g/mol. The van der Waals surface area contributed by atoms with E-state index in [9.17, 15) is 0 Å². The quantitative estimate of drug-likeness (QED) is 0.645. The van der Waals surface area contributed by atoms with E-state index in [1.54, 1.807) is 0 Å². The lowest BCUT2D eigenvalue weighted by Crippen LogP contribution is -2.47. The number of anilines is 1. The van der Waals surface area contributed by atoms with E-state index < -0.39 is 0 Å². The van der Waals surface area contributed by atoms with Gasteiger partial charge in [-0.05, 0) is 55.4 Å². The van der Waals surface area contributed by atoms with E-state index in [1.807, 2.05) is 18.3 Å². The Bertz CT molecular complexity index is 968. The van der Waals surface area contributed by atoms with Gasteiger partial charge in [-0.1, -0.05) is 18.2 Å². The zero-order chi connectivity index (χ0) is 18.8. The maximum absolute atomic E-state index is 5.76. The van der Waals surface area contributed by atoms with Crippen molar-refractivity contribution in [3.63, 3.8) is 0 Å². The fourth-order valence-corrected chi connectivity index (χ4v) is 3.84. The van der Waals surface area contributed by atoms with Crippen LogP contribution in [-0.4, -0.2) is 45.2 Å². The molecule has 0 amide bonds. The molecule has 0 aliphatic carbocycles. The van der Waals surface area contributed by atoms with E-state index in [-0.39, 0.29) is 0 Å². The normalized spacial score (nSPS) is 15.3. The molecule has 6 heteroatoms. The largest absolute Gasteiger partial charge is 0.354 e. The first-order valence-corrected chi connectivity index (χ1v) is 9.76. The number of hydrogen-bond donors (Lipinski definition) is 0. The molecule has 1 aliphatic heterocycles. The number of aromatic nitrogens is 3. The Morgan fingerprint density at radius 2 is 1.81 bits per heavy atom.